The zero-order chi connectivity index (χ0) is 39.6. The van der Waals surface area contributed by atoms with Gasteiger partial charge in [-0.25, -0.2) is 9.97 Å². The number of hydrogen-bond acceptors (Lipinski definition) is 3. The maximum Gasteiger partial charge on any atom is 0.100 e. The molecule has 8 aliphatic rings. The number of allylic oxidation sites excluding steroid dienone is 7. The molecule has 0 bridgehead atoms. The largest absolute Gasteiger partial charge is 0.393 e. The maximum atomic E-state index is 10.2. The Balaban J connectivity index is 0.000000133. The van der Waals surface area contributed by atoms with Gasteiger partial charge in [-0.15, -0.1) is 0 Å². The van der Waals surface area contributed by atoms with E-state index >= 15 is 0 Å². The molecule has 5 heteroatoms. The summed E-state index contributed by atoms with van der Waals surface area (Å²) in [5.74, 6) is 5.67. The second kappa shape index (κ2) is 13.4. The maximum absolute atomic E-state index is 10.2. The lowest BCUT2D eigenvalue weighted by atomic mass is 9.47. The number of fused-ring (bicyclic) bond motifs is 12. The first-order valence-electron chi connectivity index (χ1n) is 23.3. The van der Waals surface area contributed by atoms with E-state index < -0.39 is 0 Å². The Morgan fingerprint density at radius 2 is 1.00 bits per heavy atom. The van der Waals surface area contributed by atoms with Crippen molar-refractivity contribution in [2.75, 3.05) is 0 Å². The number of rotatable bonds is 2. The number of imidazole rings is 2. The molecule has 12 atom stereocenters. The molecule has 0 spiro atoms. The molecule has 4 fully saturated rings. The highest BCUT2D eigenvalue weighted by Crippen LogP contribution is 2.67. The van der Waals surface area contributed by atoms with Crippen molar-refractivity contribution < 1.29 is 5.11 Å². The number of nitrogens with zero attached hydrogens (tertiary/aromatic N) is 4. The van der Waals surface area contributed by atoms with Crippen molar-refractivity contribution in [3.8, 4) is 0 Å². The van der Waals surface area contributed by atoms with E-state index in [2.05, 4.69) is 128 Å². The number of aliphatic hydroxyl groups excluding tert-OH is 1. The molecule has 4 saturated carbocycles. The van der Waals surface area contributed by atoms with Crippen LogP contribution in [0.3, 0.4) is 0 Å². The molecule has 2 aromatic carbocycles. The van der Waals surface area contributed by atoms with Crippen molar-refractivity contribution in [1.29, 1.82) is 0 Å². The minimum absolute atomic E-state index is 0.117. The summed E-state index contributed by atoms with van der Waals surface area (Å²) in [6.07, 6.45) is 31.8. The Morgan fingerprint density at radius 1 is 0.534 bits per heavy atom. The molecular formula is C53H66N4O. The van der Waals surface area contributed by atoms with E-state index in [1.54, 1.807) is 5.57 Å². The molecule has 6 unspecified atom stereocenters. The van der Waals surface area contributed by atoms with Crippen LogP contribution in [0.25, 0.3) is 33.5 Å². The first kappa shape index (κ1) is 37.3. The SMILES string of the molecule is C[C@H]1CC[C@@]2(C)C(=CCC3C2CC[C@]2(C)C(n4cnc5ccccc54)=CCC32)C1.C[C@]12CC[C@H](O)CC1=CCC1C2CC[C@]2(C)C(n3cnc4ccccc43)=CCC12. The fraction of sp³-hybridized carbons (Fsp3) is 0.585. The van der Waals surface area contributed by atoms with E-state index in [9.17, 15) is 5.11 Å². The number of benzene rings is 2. The molecule has 4 aromatic rings. The lowest BCUT2D eigenvalue weighted by Crippen LogP contribution is -2.50. The minimum Gasteiger partial charge on any atom is -0.393 e. The summed E-state index contributed by atoms with van der Waals surface area (Å²) >= 11 is 0. The van der Waals surface area contributed by atoms with Gasteiger partial charge < -0.3 is 14.2 Å². The van der Waals surface area contributed by atoms with E-state index in [0.717, 1.165) is 71.7 Å². The van der Waals surface area contributed by atoms with Gasteiger partial charge in [0.1, 0.15) is 12.7 Å². The Bertz CT molecular complexity index is 2230. The molecule has 2 heterocycles. The third-order valence-electron chi connectivity index (χ3n) is 18.9. The van der Waals surface area contributed by atoms with Gasteiger partial charge in [0.25, 0.3) is 0 Å². The van der Waals surface area contributed by atoms with Crippen LogP contribution in [0.5, 0.6) is 0 Å². The van der Waals surface area contributed by atoms with Crippen molar-refractivity contribution >= 4 is 33.5 Å². The van der Waals surface area contributed by atoms with Crippen LogP contribution in [-0.4, -0.2) is 30.3 Å². The number of aromatic nitrogens is 4. The molecule has 0 amide bonds. The van der Waals surface area contributed by atoms with Crippen molar-refractivity contribution in [3.63, 3.8) is 0 Å². The van der Waals surface area contributed by atoms with E-state index in [1.165, 1.54) is 93.1 Å². The summed E-state index contributed by atoms with van der Waals surface area (Å²) in [6, 6.07) is 17.1. The van der Waals surface area contributed by atoms with Crippen LogP contribution < -0.4 is 0 Å². The van der Waals surface area contributed by atoms with E-state index in [0.29, 0.717) is 10.8 Å². The van der Waals surface area contributed by atoms with E-state index in [1.807, 2.05) is 11.9 Å². The summed E-state index contributed by atoms with van der Waals surface area (Å²) in [5.41, 5.74) is 12.4. The molecule has 12 rings (SSSR count). The summed E-state index contributed by atoms with van der Waals surface area (Å²) in [6.45, 7) is 12.7. The normalized spacial score (nSPS) is 41.3. The molecule has 1 N–H and O–H groups in total. The summed E-state index contributed by atoms with van der Waals surface area (Å²) in [5, 5.41) is 10.2. The zero-order valence-corrected chi connectivity index (χ0v) is 35.8. The van der Waals surface area contributed by atoms with Crippen LogP contribution in [0, 0.1) is 63.1 Å². The molecule has 2 aromatic heterocycles. The van der Waals surface area contributed by atoms with Gasteiger partial charge in [0.15, 0.2) is 0 Å². The van der Waals surface area contributed by atoms with Crippen LogP contribution in [0.4, 0.5) is 0 Å². The average molecular weight is 775 g/mol. The molecule has 0 saturated heterocycles. The zero-order valence-electron chi connectivity index (χ0n) is 35.8. The third kappa shape index (κ3) is 5.36. The van der Waals surface area contributed by atoms with Gasteiger partial charge in [0.2, 0.25) is 0 Å². The van der Waals surface area contributed by atoms with Crippen molar-refractivity contribution in [1.82, 2.24) is 19.1 Å². The lowest BCUT2D eigenvalue weighted by Gasteiger charge is -2.57. The number of aliphatic hydroxyl groups is 1. The highest BCUT2D eigenvalue weighted by atomic mass is 16.3. The predicted octanol–water partition coefficient (Wildman–Crippen LogP) is 12.9. The van der Waals surface area contributed by atoms with Gasteiger partial charge >= 0.3 is 0 Å². The van der Waals surface area contributed by atoms with Gasteiger partial charge in [-0.2, -0.15) is 0 Å². The summed E-state index contributed by atoms with van der Waals surface area (Å²) in [4.78, 5) is 9.37. The first-order chi connectivity index (χ1) is 28.0. The van der Waals surface area contributed by atoms with Gasteiger partial charge in [0.05, 0.1) is 28.2 Å². The van der Waals surface area contributed by atoms with Crippen molar-refractivity contribution in [2.24, 2.45) is 63.1 Å². The Labute approximate surface area is 346 Å². The van der Waals surface area contributed by atoms with Gasteiger partial charge in [0, 0.05) is 22.2 Å². The van der Waals surface area contributed by atoms with Gasteiger partial charge in [-0.05, 0) is 166 Å². The fourth-order valence-corrected chi connectivity index (χ4v) is 15.6. The Morgan fingerprint density at radius 3 is 1.53 bits per heavy atom. The van der Waals surface area contributed by atoms with Crippen molar-refractivity contribution in [2.45, 2.75) is 131 Å². The number of para-hydroxylation sites is 4. The lowest BCUT2D eigenvalue weighted by molar-refractivity contribution is -0.0249. The molecule has 0 radical (unpaired) electrons. The van der Waals surface area contributed by atoms with Crippen LogP contribution in [0.15, 0.2) is 96.6 Å². The summed E-state index contributed by atoms with van der Waals surface area (Å²) < 4.78 is 4.78. The van der Waals surface area contributed by atoms with Crippen LogP contribution in [0.1, 0.15) is 125 Å². The highest BCUT2D eigenvalue weighted by molar-refractivity contribution is 5.81. The standard InChI is InChI=1S/C27H34N2.C26H32N2O/c1-18-12-14-26(2)19(16-18)8-9-20-21-10-11-25(27(21,3)15-13-22(20)26)29-17-28-23-6-4-5-7-24(23)29;1-25-13-11-18(29)15-17(25)7-8-19-20-9-10-24(26(20,2)14-12-21(19)25)28-16-27-22-5-3-4-6-23(22)28/h4-8,11,17-18,20-22H,9-10,12-16H2,1-3H3;3-7,10,16,18-21,29H,8-9,11-15H2,1-2H3/t18-,20?,21?,22?,26-,27-;18-,19?,20?,21?,25-,26-/m00/s1. The van der Waals surface area contributed by atoms with Crippen molar-refractivity contribution in [3.05, 3.63) is 96.6 Å². The molecule has 8 aliphatic carbocycles. The minimum atomic E-state index is -0.117. The van der Waals surface area contributed by atoms with Gasteiger partial charge in [-0.3, -0.25) is 0 Å². The Kier molecular flexibility index (Phi) is 8.62. The van der Waals surface area contributed by atoms with Crippen LogP contribution >= 0.6 is 0 Å². The fourth-order valence-electron chi connectivity index (χ4n) is 15.6. The Hall–Kier alpha value is -3.70. The average Bonchev–Trinajstić information content (AvgIpc) is 4.01. The summed E-state index contributed by atoms with van der Waals surface area (Å²) in [7, 11) is 0. The topological polar surface area (TPSA) is 55.9 Å². The van der Waals surface area contributed by atoms with Crippen LogP contribution in [-0.2, 0) is 0 Å². The molecule has 0 aliphatic heterocycles. The second-order valence-electron chi connectivity index (χ2n) is 21.5. The monoisotopic (exact) mass is 775 g/mol. The molecular weight excluding hydrogens is 709 g/mol. The highest BCUT2D eigenvalue weighted by Gasteiger charge is 2.58. The van der Waals surface area contributed by atoms with E-state index in [4.69, 9.17) is 4.98 Å². The molecule has 58 heavy (non-hydrogen) atoms. The first-order valence-corrected chi connectivity index (χ1v) is 23.3. The van der Waals surface area contributed by atoms with E-state index in [-0.39, 0.29) is 16.9 Å². The molecule has 304 valence electrons. The van der Waals surface area contributed by atoms with Gasteiger partial charge in [-0.1, -0.05) is 94.3 Å². The quantitative estimate of drug-likeness (QED) is 0.206. The smallest absolute Gasteiger partial charge is 0.100 e. The van der Waals surface area contributed by atoms with Crippen LogP contribution in [0.2, 0.25) is 0 Å². The predicted molar refractivity (Wildman–Crippen MR) is 237 cm³/mol. The molecule has 5 nitrogen and oxygen atoms in total. The number of hydrogen-bond donors (Lipinski definition) is 1. The second-order valence-corrected chi connectivity index (χ2v) is 21.5. The third-order valence-corrected chi connectivity index (χ3v) is 18.9.